The number of nitrogens with zero attached hydrogens (tertiary/aromatic N) is 2. The highest BCUT2D eigenvalue weighted by Gasteiger charge is 2.31. The van der Waals surface area contributed by atoms with Gasteiger partial charge in [0.15, 0.2) is 0 Å². The molecule has 3 rings (SSSR count). The third-order valence-corrected chi connectivity index (χ3v) is 6.84. The molecule has 2 heterocycles. The zero-order chi connectivity index (χ0) is 19.6. The minimum Gasteiger partial charge on any atom is -0.494 e. The van der Waals surface area contributed by atoms with Gasteiger partial charge in [-0.3, -0.25) is 4.79 Å². The number of anilines is 1. The summed E-state index contributed by atoms with van der Waals surface area (Å²) in [6, 6.07) is 8.52. The molecule has 146 valence electrons. The Balaban J connectivity index is 1.83. The van der Waals surface area contributed by atoms with Crippen LogP contribution in [0, 0.1) is 6.92 Å². The monoisotopic (exact) mass is 391 g/mol. The van der Waals surface area contributed by atoms with Crippen molar-refractivity contribution >= 4 is 21.6 Å². The second kappa shape index (κ2) is 7.74. The van der Waals surface area contributed by atoms with Gasteiger partial charge in [0.25, 0.3) is 5.91 Å². The summed E-state index contributed by atoms with van der Waals surface area (Å²) >= 11 is 0. The number of amides is 1. The van der Waals surface area contributed by atoms with E-state index in [1.54, 1.807) is 42.8 Å². The van der Waals surface area contributed by atoms with Crippen LogP contribution in [0.3, 0.4) is 0 Å². The van der Waals surface area contributed by atoms with Crippen LogP contribution in [0.2, 0.25) is 0 Å². The average Bonchev–Trinajstić information content (AvgIpc) is 3.27. The first-order valence-electron chi connectivity index (χ1n) is 9.05. The Morgan fingerprint density at radius 3 is 2.41 bits per heavy atom. The van der Waals surface area contributed by atoms with Crippen molar-refractivity contribution in [2.75, 3.05) is 25.0 Å². The highest BCUT2D eigenvalue weighted by atomic mass is 32.2. The van der Waals surface area contributed by atoms with Gasteiger partial charge in [0.1, 0.15) is 16.3 Å². The Kier molecular flexibility index (Phi) is 5.57. The number of rotatable bonds is 6. The average molecular weight is 391 g/mol. The number of carbonyl (C=O) groups excluding carboxylic acids is 1. The molecule has 8 heteroatoms. The Hall–Kier alpha value is -2.32. The minimum atomic E-state index is -3.57. The van der Waals surface area contributed by atoms with Crippen LogP contribution in [0.5, 0.6) is 5.75 Å². The standard InChI is InChI=1S/C19H25N3O4S/c1-4-26-16-9-7-15(8-10-16)20-19(23)17-13-18(14(2)21(17)3)27(24,25)22-11-5-6-12-22/h7-10,13H,4-6,11-12H2,1-3H3,(H,20,23). The molecule has 27 heavy (non-hydrogen) atoms. The topological polar surface area (TPSA) is 80.6 Å². The highest BCUT2D eigenvalue weighted by Crippen LogP contribution is 2.26. The third-order valence-electron chi connectivity index (χ3n) is 4.83. The Morgan fingerprint density at radius 2 is 1.81 bits per heavy atom. The second-order valence-corrected chi connectivity index (χ2v) is 8.47. The number of nitrogens with one attached hydrogen (secondary N) is 1. The second-order valence-electron chi connectivity index (χ2n) is 6.56. The fourth-order valence-corrected chi connectivity index (χ4v) is 5.00. The number of sulfonamides is 1. The number of aromatic nitrogens is 1. The van der Waals surface area contributed by atoms with Crippen LogP contribution >= 0.6 is 0 Å². The van der Waals surface area contributed by atoms with Gasteiger partial charge in [0.2, 0.25) is 10.0 Å². The molecule has 1 amide bonds. The van der Waals surface area contributed by atoms with Crippen LogP contribution in [-0.2, 0) is 17.1 Å². The van der Waals surface area contributed by atoms with E-state index in [0.717, 1.165) is 18.6 Å². The molecule has 1 aliphatic heterocycles. The molecule has 1 fully saturated rings. The summed E-state index contributed by atoms with van der Waals surface area (Å²) in [6.07, 6.45) is 1.74. The van der Waals surface area contributed by atoms with Crippen molar-refractivity contribution in [1.29, 1.82) is 0 Å². The molecule has 0 spiro atoms. The largest absolute Gasteiger partial charge is 0.494 e. The van der Waals surface area contributed by atoms with E-state index in [2.05, 4.69) is 5.32 Å². The van der Waals surface area contributed by atoms with E-state index >= 15 is 0 Å². The summed E-state index contributed by atoms with van der Waals surface area (Å²) in [5, 5.41) is 2.81. The van der Waals surface area contributed by atoms with Crippen LogP contribution in [0.15, 0.2) is 35.2 Å². The number of carbonyl (C=O) groups is 1. The van der Waals surface area contributed by atoms with Gasteiger partial charge in [-0.1, -0.05) is 0 Å². The van der Waals surface area contributed by atoms with Crippen LogP contribution in [0.1, 0.15) is 35.9 Å². The summed E-state index contributed by atoms with van der Waals surface area (Å²) in [5.41, 5.74) is 1.48. The number of benzene rings is 1. The lowest BCUT2D eigenvalue weighted by Crippen LogP contribution is -2.28. The van der Waals surface area contributed by atoms with Crippen LogP contribution in [0.4, 0.5) is 5.69 Å². The van der Waals surface area contributed by atoms with Gasteiger partial charge in [0, 0.05) is 31.5 Å². The van der Waals surface area contributed by atoms with Crippen molar-refractivity contribution in [3.8, 4) is 5.75 Å². The van der Waals surface area contributed by atoms with Gasteiger partial charge in [-0.2, -0.15) is 4.31 Å². The molecule has 1 aromatic carbocycles. The maximum Gasteiger partial charge on any atom is 0.272 e. The van der Waals surface area contributed by atoms with Crippen molar-refractivity contribution in [3.05, 3.63) is 41.7 Å². The molecule has 7 nitrogen and oxygen atoms in total. The first-order chi connectivity index (χ1) is 12.8. The van der Waals surface area contributed by atoms with Gasteiger partial charge in [-0.05, 0) is 57.0 Å². The quantitative estimate of drug-likeness (QED) is 0.821. The number of hydrogen-bond donors (Lipinski definition) is 1. The lowest BCUT2D eigenvalue weighted by Gasteiger charge is -2.15. The van der Waals surface area contributed by atoms with Gasteiger partial charge in [-0.25, -0.2) is 8.42 Å². The maximum absolute atomic E-state index is 12.9. The SMILES string of the molecule is CCOc1ccc(NC(=O)c2cc(S(=O)(=O)N3CCCC3)c(C)n2C)cc1. The first-order valence-corrected chi connectivity index (χ1v) is 10.5. The summed E-state index contributed by atoms with van der Waals surface area (Å²) in [6.45, 7) is 5.26. The molecule has 1 N–H and O–H groups in total. The van der Waals surface area contributed by atoms with E-state index in [4.69, 9.17) is 4.74 Å². The van der Waals surface area contributed by atoms with Crippen LogP contribution < -0.4 is 10.1 Å². The summed E-state index contributed by atoms with van der Waals surface area (Å²) in [7, 11) is -1.87. The van der Waals surface area contributed by atoms with E-state index in [0.29, 0.717) is 36.8 Å². The zero-order valence-electron chi connectivity index (χ0n) is 15.9. The molecular formula is C19H25N3O4S. The number of hydrogen-bond acceptors (Lipinski definition) is 4. The van der Waals surface area contributed by atoms with Gasteiger partial charge < -0.3 is 14.6 Å². The van der Waals surface area contributed by atoms with Gasteiger partial charge >= 0.3 is 0 Å². The predicted molar refractivity (Wildman–Crippen MR) is 104 cm³/mol. The summed E-state index contributed by atoms with van der Waals surface area (Å²) in [5.74, 6) is 0.372. The smallest absolute Gasteiger partial charge is 0.272 e. The Bertz CT molecular complexity index is 927. The van der Waals surface area contributed by atoms with Crippen molar-refractivity contribution in [2.24, 2.45) is 7.05 Å². The highest BCUT2D eigenvalue weighted by molar-refractivity contribution is 7.89. The fourth-order valence-electron chi connectivity index (χ4n) is 3.21. The molecule has 2 aromatic rings. The minimum absolute atomic E-state index is 0.198. The van der Waals surface area contributed by atoms with Crippen LogP contribution in [-0.4, -0.2) is 42.9 Å². The molecule has 1 saturated heterocycles. The van der Waals surface area contributed by atoms with E-state index in [1.165, 1.54) is 10.4 Å². The maximum atomic E-state index is 12.9. The zero-order valence-corrected chi connectivity index (χ0v) is 16.7. The van der Waals surface area contributed by atoms with Crippen molar-refractivity contribution in [1.82, 2.24) is 8.87 Å². The molecule has 0 aliphatic carbocycles. The molecular weight excluding hydrogens is 366 g/mol. The number of ether oxygens (including phenoxy) is 1. The van der Waals surface area contributed by atoms with Crippen molar-refractivity contribution in [3.63, 3.8) is 0 Å². The molecule has 0 unspecified atom stereocenters. The lowest BCUT2D eigenvalue weighted by atomic mass is 10.3. The van der Waals surface area contributed by atoms with E-state index in [1.807, 2.05) is 6.92 Å². The fraction of sp³-hybridized carbons (Fsp3) is 0.421. The van der Waals surface area contributed by atoms with E-state index in [-0.39, 0.29) is 10.8 Å². The summed E-state index contributed by atoms with van der Waals surface area (Å²) in [4.78, 5) is 12.9. The normalized spacial score (nSPS) is 15.1. The third kappa shape index (κ3) is 3.86. The molecule has 1 aromatic heterocycles. The van der Waals surface area contributed by atoms with E-state index < -0.39 is 10.0 Å². The van der Waals surface area contributed by atoms with E-state index in [9.17, 15) is 13.2 Å². The van der Waals surface area contributed by atoms with Crippen molar-refractivity contribution in [2.45, 2.75) is 31.6 Å². The first kappa shape index (κ1) is 19.4. The Morgan fingerprint density at radius 1 is 1.19 bits per heavy atom. The Labute approximate surface area is 160 Å². The predicted octanol–water partition coefficient (Wildman–Crippen LogP) is 2.77. The molecule has 1 aliphatic rings. The van der Waals surface area contributed by atoms with Gasteiger partial charge in [-0.15, -0.1) is 0 Å². The molecule has 0 saturated carbocycles. The molecule has 0 bridgehead atoms. The lowest BCUT2D eigenvalue weighted by molar-refractivity contribution is 0.101. The molecule has 0 radical (unpaired) electrons. The van der Waals surface area contributed by atoms with Crippen molar-refractivity contribution < 1.29 is 17.9 Å². The van der Waals surface area contributed by atoms with Crippen LogP contribution in [0.25, 0.3) is 0 Å². The van der Waals surface area contributed by atoms with Gasteiger partial charge in [0.05, 0.1) is 6.61 Å². The summed E-state index contributed by atoms with van der Waals surface area (Å²) < 4.78 is 34.2. The molecule has 0 atom stereocenters.